The number of aliphatic hydroxyl groups excluding tert-OH is 2. The fourth-order valence-corrected chi connectivity index (χ4v) is 3.62. The molecule has 154 valence electrons. The van der Waals surface area contributed by atoms with Gasteiger partial charge in [0.1, 0.15) is 6.10 Å². The van der Waals surface area contributed by atoms with E-state index in [-0.39, 0.29) is 0 Å². The van der Waals surface area contributed by atoms with Crippen LogP contribution in [0.15, 0.2) is 46.9 Å². The lowest BCUT2D eigenvalue weighted by atomic mass is 10.0. The quantitative estimate of drug-likeness (QED) is 0.669. The number of hydrogen-bond donors (Lipinski definition) is 2. The number of Topliss-reactive ketones (excluding diaryl/α,β-unsaturated/α-hetero) is 1. The van der Waals surface area contributed by atoms with E-state index in [1.165, 1.54) is 16.0 Å². The first-order valence-corrected chi connectivity index (χ1v) is 10.3. The molecule has 0 radical (unpaired) electrons. The molecule has 1 aliphatic rings. The van der Waals surface area contributed by atoms with Crippen LogP contribution >= 0.6 is 15.9 Å². The first kappa shape index (κ1) is 21.5. The molecule has 6 nitrogen and oxygen atoms in total. The third kappa shape index (κ3) is 4.86. The standard InChI is InChI=1S/C22H25BrN2O4/c1-14-3-8-18(13-15(14)2)24-9-11-25(12-10-24)22(29)21(28)20(27)19(26)16-4-6-17(23)7-5-16/h3-8,13,19-20,26-27H,9-12H2,1-2H3/t19?,20-/m0/s1. The first-order chi connectivity index (χ1) is 13.8. The average molecular weight is 461 g/mol. The Bertz CT molecular complexity index is 892. The highest BCUT2D eigenvalue weighted by atomic mass is 79.9. The molecule has 1 heterocycles. The fourth-order valence-electron chi connectivity index (χ4n) is 3.36. The molecule has 0 aliphatic carbocycles. The summed E-state index contributed by atoms with van der Waals surface area (Å²) in [6, 6.07) is 12.8. The van der Waals surface area contributed by atoms with E-state index in [1.54, 1.807) is 24.3 Å². The summed E-state index contributed by atoms with van der Waals surface area (Å²) in [5.74, 6) is -1.74. The van der Waals surface area contributed by atoms with Crippen LogP contribution in [0.3, 0.4) is 0 Å². The predicted octanol–water partition coefficient (Wildman–Crippen LogP) is 2.38. The van der Waals surface area contributed by atoms with Crippen molar-refractivity contribution in [2.45, 2.75) is 26.1 Å². The molecule has 2 N–H and O–H groups in total. The zero-order valence-electron chi connectivity index (χ0n) is 16.5. The van der Waals surface area contributed by atoms with E-state index < -0.39 is 23.9 Å². The molecule has 1 aliphatic heterocycles. The van der Waals surface area contributed by atoms with Gasteiger partial charge in [0.25, 0.3) is 11.7 Å². The smallest absolute Gasteiger partial charge is 0.293 e. The predicted molar refractivity (Wildman–Crippen MR) is 115 cm³/mol. The highest BCUT2D eigenvalue weighted by molar-refractivity contribution is 9.10. The number of hydrogen-bond acceptors (Lipinski definition) is 5. The Morgan fingerprint density at radius 2 is 1.55 bits per heavy atom. The number of piperazine rings is 1. The number of benzene rings is 2. The summed E-state index contributed by atoms with van der Waals surface area (Å²) in [6.07, 6.45) is -3.24. The Balaban J connectivity index is 1.59. The Hall–Kier alpha value is -2.22. The summed E-state index contributed by atoms with van der Waals surface area (Å²) in [5.41, 5.74) is 3.91. The van der Waals surface area contributed by atoms with Crippen LogP contribution in [0.25, 0.3) is 0 Å². The molecule has 0 aromatic heterocycles. The summed E-state index contributed by atoms with van der Waals surface area (Å²) in [5, 5.41) is 20.5. The van der Waals surface area contributed by atoms with Crippen LogP contribution < -0.4 is 4.90 Å². The van der Waals surface area contributed by atoms with Crippen LogP contribution in [0.5, 0.6) is 0 Å². The average Bonchev–Trinajstić information content (AvgIpc) is 2.74. The number of ketones is 1. The van der Waals surface area contributed by atoms with Gasteiger partial charge in [0, 0.05) is 36.3 Å². The summed E-state index contributed by atoms with van der Waals surface area (Å²) < 4.78 is 0.812. The van der Waals surface area contributed by atoms with E-state index >= 15 is 0 Å². The van der Waals surface area contributed by atoms with Crippen molar-refractivity contribution >= 4 is 33.3 Å². The summed E-state index contributed by atoms with van der Waals surface area (Å²) in [6.45, 7) is 6.11. The molecule has 2 aromatic carbocycles. The van der Waals surface area contributed by atoms with Crippen molar-refractivity contribution < 1.29 is 19.8 Å². The van der Waals surface area contributed by atoms with Crippen LogP contribution in [0.4, 0.5) is 5.69 Å². The van der Waals surface area contributed by atoms with Gasteiger partial charge in [-0.15, -0.1) is 0 Å². The third-order valence-electron chi connectivity index (χ3n) is 5.41. The third-order valence-corrected chi connectivity index (χ3v) is 5.94. The molecular weight excluding hydrogens is 436 g/mol. The monoisotopic (exact) mass is 460 g/mol. The number of halogens is 1. The van der Waals surface area contributed by atoms with E-state index in [2.05, 4.69) is 52.9 Å². The van der Waals surface area contributed by atoms with E-state index in [4.69, 9.17) is 0 Å². The second kappa shape index (κ2) is 9.07. The van der Waals surface area contributed by atoms with E-state index in [0.717, 1.165) is 10.2 Å². The van der Waals surface area contributed by atoms with Gasteiger partial charge in [0.15, 0.2) is 6.10 Å². The van der Waals surface area contributed by atoms with Crippen LogP contribution in [0, 0.1) is 13.8 Å². The zero-order chi connectivity index (χ0) is 21.1. The number of aryl methyl sites for hydroxylation is 2. The lowest BCUT2D eigenvalue weighted by Crippen LogP contribution is -2.52. The summed E-state index contributed by atoms with van der Waals surface area (Å²) in [4.78, 5) is 28.6. The maximum atomic E-state index is 12.6. The SMILES string of the molecule is Cc1ccc(N2CCN(C(=O)C(=O)[C@@H](O)C(O)c3ccc(Br)cc3)CC2)cc1C. The van der Waals surface area contributed by atoms with Gasteiger partial charge in [-0.05, 0) is 54.8 Å². The molecule has 7 heteroatoms. The Labute approximate surface area is 178 Å². The minimum atomic E-state index is -1.79. The Morgan fingerprint density at radius 1 is 0.931 bits per heavy atom. The van der Waals surface area contributed by atoms with Crippen molar-refractivity contribution in [2.75, 3.05) is 31.1 Å². The highest BCUT2D eigenvalue weighted by Crippen LogP contribution is 2.22. The second-order valence-electron chi connectivity index (χ2n) is 7.35. The summed E-state index contributed by atoms with van der Waals surface area (Å²) in [7, 11) is 0. The van der Waals surface area contributed by atoms with Gasteiger partial charge in [0.05, 0.1) is 0 Å². The Kier molecular flexibility index (Phi) is 6.72. The van der Waals surface area contributed by atoms with Crippen LogP contribution in [-0.4, -0.2) is 59.1 Å². The number of anilines is 1. The topological polar surface area (TPSA) is 81.1 Å². The van der Waals surface area contributed by atoms with Crippen molar-refractivity contribution in [3.63, 3.8) is 0 Å². The second-order valence-corrected chi connectivity index (χ2v) is 8.27. The number of carbonyl (C=O) groups is 2. The van der Waals surface area contributed by atoms with Gasteiger partial charge in [-0.3, -0.25) is 9.59 Å². The molecule has 1 saturated heterocycles. The van der Waals surface area contributed by atoms with Crippen molar-refractivity contribution in [1.82, 2.24) is 4.90 Å². The highest BCUT2D eigenvalue weighted by Gasteiger charge is 2.34. The van der Waals surface area contributed by atoms with Gasteiger partial charge in [-0.2, -0.15) is 0 Å². The molecule has 0 saturated carbocycles. The largest absolute Gasteiger partial charge is 0.385 e. The molecule has 2 atom stereocenters. The molecule has 0 spiro atoms. The lowest BCUT2D eigenvalue weighted by molar-refractivity contribution is -0.152. The molecule has 3 rings (SSSR count). The normalized spacial score (nSPS) is 16.4. The van der Waals surface area contributed by atoms with Gasteiger partial charge in [0.2, 0.25) is 0 Å². The van der Waals surface area contributed by atoms with Gasteiger partial charge in [-0.1, -0.05) is 34.1 Å². The lowest BCUT2D eigenvalue weighted by Gasteiger charge is -2.36. The maximum absolute atomic E-state index is 12.6. The van der Waals surface area contributed by atoms with Crippen molar-refractivity contribution in [2.24, 2.45) is 0 Å². The number of nitrogens with zero attached hydrogens (tertiary/aromatic N) is 2. The maximum Gasteiger partial charge on any atom is 0.293 e. The molecule has 1 amide bonds. The zero-order valence-corrected chi connectivity index (χ0v) is 18.1. The van der Waals surface area contributed by atoms with Gasteiger partial charge < -0.3 is 20.0 Å². The van der Waals surface area contributed by atoms with E-state index in [1.807, 2.05) is 0 Å². The van der Waals surface area contributed by atoms with Gasteiger partial charge in [-0.25, -0.2) is 0 Å². The Morgan fingerprint density at radius 3 is 2.14 bits per heavy atom. The molecular formula is C22H25BrN2O4. The number of aliphatic hydroxyl groups is 2. The summed E-state index contributed by atoms with van der Waals surface area (Å²) >= 11 is 3.29. The molecule has 2 aromatic rings. The van der Waals surface area contributed by atoms with Crippen LogP contribution in [0.2, 0.25) is 0 Å². The minimum Gasteiger partial charge on any atom is -0.385 e. The molecule has 1 unspecified atom stereocenters. The van der Waals surface area contributed by atoms with Crippen LogP contribution in [0.1, 0.15) is 22.8 Å². The minimum absolute atomic E-state index is 0.376. The van der Waals surface area contributed by atoms with E-state index in [9.17, 15) is 19.8 Å². The fraction of sp³-hybridized carbons (Fsp3) is 0.364. The van der Waals surface area contributed by atoms with Gasteiger partial charge >= 0.3 is 0 Å². The number of rotatable bonds is 5. The molecule has 1 fully saturated rings. The molecule has 29 heavy (non-hydrogen) atoms. The van der Waals surface area contributed by atoms with E-state index in [0.29, 0.717) is 31.7 Å². The number of amides is 1. The van der Waals surface area contributed by atoms with Crippen molar-refractivity contribution in [3.8, 4) is 0 Å². The number of carbonyl (C=O) groups excluding carboxylic acids is 2. The first-order valence-electron chi connectivity index (χ1n) is 9.55. The molecule has 0 bridgehead atoms. The van der Waals surface area contributed by atoms with Crippen LogP contribution in [-0.2, 0) is 9.59 Å². The van der Waals surface area contributed by atoms with Crippen molar-refractivity contribution in [3.05, 3.63) is 63.6 Å². The van der Waals surface area contributed by atoms with Crippen molar-refractivity contribution in [1.29, 1.82) is 0 Å².